The summed E-state index contributed by atoms with van der Waals surface area (Å²) in [7, 11) is 0. The highest BCUT2D eigenvalue weighted by Gasteiger charge is 2.41. The van der Waals surface area contributed by atoms with Crippen LogP contribution in [0.5, 0.6) is 11.8 Å². The predicted molar refractivity (Wildman–Crippen MR) is 78.4 cm³/mol. The Morgan fingerprint density at radius 1 is 0.950 bits per heavy atom. The molecule has 20 heavy (non-hydrogen) atoms. The first-order chi connectivity index (χ1) is 9.58. The summed E-state index contributed by atoms with van der Waals surface area (Å²) in [5.74, 6) is 0.579. The van der Waals surface area contributed by atoms with Crippen LogP contribution in [0, 0.1) is 0 Å². The molecule has 0 fully saturated rings. The average Bonchev–Trinajstić information content (AvgIpc) is 3.08. The first-order valence-corrected chi connectivity index (χ1v) is 7.13. The van der Waals surface area contributed by atoms with Gasteiger partial charge in [0, 0.05) is 23.0 Å². The molecule has 2 N–H and O–H groups in total. The molecule has 0 amide bonds. The number of nitrogens with zero attached hydrogens (tertiary/aromatic N) is 1. The Bertz CT molecular complexity index is 728. The van der Waals surface area contributed by atoms with Gasteiger partial charge in [-0.3, -0.25) is 4.57 Å². The minimum atomic E-state index is 0.0905. The Labute approximate surface area is 125 Å². The number of hydrogen-bond donors (Lipinski definition) is 2. The topological polar surface area (TPSA) is 45.4 Å². The van der Waals surface area contributed by atoms with Crippen molar-refractivity contribution in [2.45, 2.75) is 18.3 Å². The van der Waals surface area contributed by atoms with Crippen molar-refractivity contribution in [3.05, 3.63) is 51.5 Å². The predicted octanol–water partition coefficient (Wildman–Crippen LogP) is 4.34. The van der Waals surface area contributed by atoms with E-state index in [9.17, 15) is 10.2 Å². The zero-order valence-corrected chi connectivity index (χ0v) is 11.9. The monoisotopic (exact) mass is 307 g/mol. The van der Waals surface area contributed by atoms with Gasteiger partial charge in [-0.25, -0.2) is 0 Å². The number of rotatable bonds is 1. The smallest absolute Gasteiger partial charge is 0.202 e. The van der Waals surface area contributed by atoms with Crippen molar-refractivity contribution in [1.29, 1.82) is 0 Å². The van der Waals surface area contributed by atoms with E-state index in [1.54, 1.807) is 18.2 Å². The van der Waals surface area contributed by atoms with E-state index in [1.165, 1.54) is 4.57 Å². The third-order valence-corrected chi connectivity index (χ3v) is 4.92. The van der Waals surface area contributed by atoms with E-state index in [1.807, 2.05) is 0 Å². The quantitative estimate of drug-likeness (QED) is 0.770. The second-order valence-electron chi connectivity index (χ2n) is 5.24. The summed E-state index contributed by atoms with van der Waals surface area (Å²) < 4.78 is 1.43. The Morgan fingerprint density at radius 2 is 1.55 bits per heavy atom. The number of aromatic nitrogens is 1. The van der Waals surface area contributed by atoms with Crippen molar-refractivity contribution < 1.29 is 10.2 Å². The Hall–Kier alpha value is -1.58. The molecule has 1 aromatic heterocycles. The lowest BCUT2D eigenvalue weighted by molar-refractivity contribution is 0.395. The fourth-order valence-corrected chi connectivity index (χ4v) is 3.60. The molecule has 0 radical (unpaired) electrons. The van der Waals surface area contributed by atoms with Crippen molar-refractivity contribution >= 4 is 23.2 Å². The standard InChI is InChI=1S/C15H11Cl2NO2/c16-10-4-3-9(6-11(10)17)18-14(19)12-7-1-2-8(5-7)13(12)15(18)20/h1-4,6-8,19-20H,5H2/t7-,8+. The third kappa shape index (κ3) is 1.42. The average molecular weight is 308 g/mol. The number of benzene rings is 1. The van der Waals surface area contributed by atoms with Gasteiger partial charge in [0.1, 0.15) is 0 Å². The highest BCUT2D eigenvalue weighted by Crippen LogP contribution is 2.57. The number of aromatic hydroxyl groups is 2. The van der Waals surface area contributed by atoms with Gasteiger partial charge in [-0.2, -0.15) is 0 Å². The summed E-state index contributed by atoms with van der Waals surface area (Å²) in [6.45, 7) is 0. The van der Waals surface area contributed by atoms with Gasteiger partial charge < -0.3 is 10.2 Å². The van der Waals surface area contributed by atoms with Gasteiger partial charge in [0.15, 0.2) is 0 Å². The maximum absolute atomic E-state index is 10.5. The minimum absolute atomic E-state index is 0.0905. The van der Waals surface area contributed by atoms with Crippen molar-refractivity contribution in [2.24, 2.45) is 0 Å². The van der Waals surface area contributed by atoms with E-state index in [-0.39, 0.29) is 23.6 Å². The van der Waals surface area contributed by atoms with Crippen LogP contribution in [-0.4, -0.2) is 14.8 Å². The van der Waals surface area contributed by atoms with E-state index in [4.69, 9.17) is 23.2 Å². The van der Waals surface area contributed by atoms with Crippen LogP contribution in [0.2, 0.25) is 10.0 Å². The van der Waals surface area contributed by atoms with Gasteiger partial charge in [0.05, 0.1) is 15.7 Å². The highest BCUT2D eigenvalue weighted by molar-refractivity contribution is 6.42. The highest BCUT2D eigenvalue weighted by atomic mass is 35.5. The summed E-state index contributed by atoms with van der Waals surface area (Å²) in [5, 5.41) is 21.7. The Kier molecular flexibility index (Phi) is 2.41. The van der Waals surface area contributed by atoms with Gasteiger partial charge in [-0.1, -0.05) is 35.4 Å². The maximum atomic E-state index is 10.5. The molecular formula is C15H11Cl2NO2. The van der Waals surface area contributed by atoms with Crippen LogP contribution in [0.3, 0.4) is 0 Å². The van der Waals surface area contributed by atoms with Gasteiger partial charge in [-0.15, -0.1) is 0 Å². The molecule has 0 aliphatic heterocycles. The molecule has 0 saturated carbocycles. The lowest BCUT2D eigenvalue weighted by Gasteiger charge is -2.10. The molecule has 1 heterocycles. The van der Waals surface area contributed by atoms with Gasteiger partial charge in [0.25, 0.3) is 0 Å². The second kappa shape index (κ2) is 3.96. The second-order valence-corrected chi connectivity index (χ2v) is 6.06. The van der Waals surface area contributed by atoms with Crippen LogP contribution >= 0.6 is 23.2 Å². The maximum Gasteiger partial charge on any atom is 0.202 e. The molecule has 4 rings (SSSR count). The molecule has 0 saturated heterocycles. The van der Waals surface area contributed by atoms with E-state index >= 15 is 0 Å². The Balaban J connectivity index is 1.94. The van der Waals surface area contributed by atoms with Crippen LogP contribution in [-0.2, 0) is 0 Å². The van der Waals surface area contributed by atoms with Crippen LogP contribution in [0.25, 0.3) is 5.69 Å². The van der Waals surface area contributed by atoms with E-state index in [2.05, 4.69) is 12.2 Å². The van der Waals surface area contributed by atoms with E-state index < -0.39 is 0 Å². The molecule has 2 bridgehead atoms. The van der Waals surface area contributed by atoms with Crippen molar-refractivity contribution in [2.75, 3.05) is 0 Å². The van der Waals surface area contributed by atoms with Crippen molar-refractivity contribution in [1.82, 2.24) is 4.57 Å². The Morgan fingerprint density at radius 3 is 2.10 bits per heavy atom. The van der Waals surface area contributed by atoms with Crippen molar-refractivity contribution in [3.8, 4) is 17.4 Å². The molecule has 0 unspecified atom stereocenters. The van der Waals surface area contributed by atoms with Gasteiger partial charge in [0.2, 0.25) is 11.8 Å². The summed E-state index contributed by atoms with van der Waals surface area (Å²) in [5.41, 5.74) is 2.27. The van der Waals surface area contributed by atoms with Crippen LogP contribution < -0.4 is 0 Å². The number of hydrogen-bond acceptors (Lipinski definition) is 2. The summed E-state index contributed by atoms with van der Waals surface area (Å²) in [6.07, 6.45) is 5.12. The molecule has 0 spiro atoms. The lowest BCUT2D eigenvalue weighted by atomic mass is 10.0. The first kappa shape index (κ1) is 12.2. The van der Waals surface area contributed by atoms with Crippen LogP contribution in [0.15, 0.2) is 30.4 Å². The van der Waals surface area contributed by atoms with E-state index in [0.717, 1.165) is 17.5 Å². The molecule has 5 heteroatoms. The number of allylic oxidation sites excluding steroid dienone is 2. The van der Waals surface area contributed by atoms with E-state index in [0.29, 0.717) is 15.7 Å². The number of halogens is 2. The molecular weight excluding hydrogens is 297 g/mol. The largest absolute Gasteiger partial charge is 0.494 e. The van der Waals surface area contributed by atoms with Crippen LogP contribution in [0.1, 0.15) is 29.4 Å². The molecule has 102 valence electrons. The third-order valence-electron chi connectivity index (χ3n) is 4.18. The molecule has 3 nitrogen and oxygen atoms in total. The van der Waals surface area contributed by atoms with Crippen molar-refractivity contribution in [3.63, 3.8) is 0 Å². The van der Waals surface area contributed by atoms with Gasteiger partial charge >= 0.3 is 0 Å². The van der Waals surface area contributed by atoms with Crippen LogP contribution in [0.4, 0.5) is 0 Å². The zero-order valence-electron chi connectivity index (χ0n) is 10.3. The molecule has 2 aromatic rings. The molecule has 2 atom stereocenters. The lowest BCUT2D eigenvalue weighted by Crippen LogP contribution is -1.95. The summed E-state index contributed by atoms with van der Waals surface area (Å²) in [4.78, 5) is 0. The normalized spacial score (nSPS) is 22.5. The zero-order chi connectivity index (χ0) is 14.0. The summed E-state index contributed by atoms with van der Waals surface area (Å²) >= 11 is 11.9. The van der Waals surface area contributed by atoms with Gasteiger partial charge in [-0.05, 0) is 24.6 Å². The summed E-state index contributed by atoms with van der Waals surface area (Å²) in [6, 6.07) is 5.00. The first-order valence-electron chi connectivity index (χ1n) is 6.38. The molecule has 2 aliphatic rings. The fourth-order valence-electron chi connectivity index (χ4n) is 3.31. The number of fused-ring (bicyclic) bond motifs is 5. The molecule has 2 aliphatic carbocycles. The minimum Gasteiger partial charge on any atom is -0.494 e. The fraction of sp³-hybridized carbons (Fsp3) is 0.200. The molecule has 1 aromatic carbocycles. The SMILES string of the molecule is Oc1c2c(c(O)n1-c1ccc(Cl)c(Cl)c1)[C@H]1C=C[C@@H]2C1.